The SMILES string of the molecule is CCC(F)CN1CC2COC(C2)C1. The van der Waals surface area contributed by atoms with Crippen molar-refractivity contribution in [3.63, 3.8) is 0 Å². The first-order valence-corrected chi connectivity index (χ1v) is 5.26. The van der Waals surface area contributed by atoms with Gasteiger partial charge in [-0.1, -0.05) is 6.92 Å². The highest BCUT2D eigenvalue weighted by Crippen LogP contribution is 2.26. The van der Waals surface area contributed by atoms with Crippen molar-refractivity contribution in [1.82, 2.24) is 4.90 Å². The molecule has 3 unspecified atom stereocenters. The van der Waals surface area contributed by atoms with Gasteiger partial charge in [-0.2, -0.15) is 0 Å². The lowest BCUT2D eigenvalue weighted by atomic mass is 10.00. The molecule has 2 rings (SSSR count). The largest absolute Gasteiger partial charge is 0.377 e. The fraction of sp³-hybridized carbons (Fsp3) is 1.00. The highest BCUT2D eigenvalue weighted by molar-refractivity contribution is 4.85. The van der Waals surface area contributed by atoms with Crippen LogP contribution in [0.5, 0.6) is 0 Å². The van der Waals surface area contributed by atoms with Crippen LogP contribution in [0.3, 0.4) is 0 Å². The van der Waals surface area contributed by atoms with Crippen LogP contribution in [0.1, 0.15) is 19.8 Å². The van der Waals surface area contributed by atoms with Crippen LogP contribution in [0.15, 0.2) is 0 Å². The number of rotatable bonds is 3. The van der Waals surface area contributed by atoms with Crippen molar-refractivity contribution in [2.75, 3.05) is 26.2 Å². The highest BCUT2D eigenvalue weighted by Gasteiger charge is 2.34. The van der Waals surface area contributed by atoms with E-state index in [4.69, 9.17) is 4.74 Å². The molecule has 0 radical (unpaired) electrons. The number of hydrogen-bond acceptors (Lipinski definition) is 2. The Morgan fingerprint density at radius 2 is 2.38 bits per heavy atom. The molecule has 2 fully saturated rings. The van der Waals surface area contributed by atoms with Crippen molar-refractivity contribution in [3.05, 3.63) is 0 Å². The van der Waals surface area contributed by atoms with E-state index in [2.05, 4.69) is 4.90 Å². The minimum Gasteiger partial charge on any atom is -0.377 e. The molecule has 76 valence electrons. The summed E-state index contributed by atoms with van der Waals surface area (Å²) in [4.78, 5) is 2.22. The zero-order chi connectivity index (χ0) is 9.26. The predicted octanol–water partition coefficient (Wildman–Crippen LogP) is 1.46. The average molecular weight is 187 g/mol. The lowest BCUT2D eigenvalue weighted by molar-refractivity contribution is 0.0734. The minimum atomic E-state index is -0.655. The Morgan fingerprint density at radius 3 is 3.08 bits per heavy atom. The summed E-state index contributed by atoms with van der Waals surface area (Å²) < 4.78 is 18.7. The maximum atomic E-state index is 13.1. The Morgan fingerprint density at radius 1 is 1.54 bits per heavy atom. The fourth-order valence-electron chi connectivity index (χ4n) is 2.32. The summed E-state index contributed by atoms with van der Waals surface area (Å²) in [6, 6.07) is 0. The zero-order valence-electron chi connectivity index (χ0n) is 8.21. The van der Waals surface area contributed by atoms with Gasteiger partial charge in [-0.05, 0) is 18.8 Å². The molecule has 0 aromatic carbocycles. The molecular formula is C10H18FNO. The summed E-state index contributed by atoms with van der Waals surface area (Å²) in [5.41, 5.74) is 0. The third-order valence-corrected chi connectivity index (χ3v) is 3.04. The van der Waals surface area contributed by atoms with Gasteiger partial charge in [0.1, 0.15) is 6.17 Å². The van der Waals surface area contributed by atoms with Gasteiger partial charge >= 0.3 is 0 Å². The summed E-state index contributed by atoms with van der Waals surface area (Å²) in [5.74, 6) is 0.669. The van der Waals surface area contributed by atoms with Crippen LogP contribution in [0.4, 0.5) is 4.39 Å². The highest BCUT2D eigenvalue weighted by atomic mass is 19.1. The topological polar surface area (TPSA) is 12.5 Å². The number of nitrogens with zero attached hydrogens (tertiary/aromatic N) is 1. The van der Waals surface area contributed by atoms with Gasteiger partial charge in [0.15, 0.2) is 0 Å². The van der Waals surface area contributed by atoms with Crippen molar-refractivity contribution in [2.45, 2.75) is 32.0 Å². The van der Waals surface area contributed by atoms with Crippen LogP contribution in [-0.2, 0) is 4.74 Å². The van der Waals surface area contributed by atoms with E-state index in [1.54, 1.807) is 0 Å². The number of alkyl halides is 1. The number of fused-ring (bicyclic) bond motifs is 2. The van der Waals surface area contributed by atoms with Crippen LogP contribution < -0.4 is 0 Å². The molecule has 13 heavy (non-hydrogen) atoms. The standard InChI is InChI=1S/C10H18FNO/c1-2-9(11)5-12-4-8-3-10(6-12)13-7-8/h8-10H,2-7H2,1H3. The van der Waals surface area contributed by atoms with E-state index in [0.29, 0.717) is 25.0 Å². The fourth-order valence-corrected chi connectivity index (χ4v) is 2.32. The minimum absolute atomic E-state index is 0.391. The Kier molecular flexibility index (Phi) is 2.84. The Bertz CT molecular complexity index is 164. The summed E-state index contributed by atoms with van der Waals surface area (Å²) in [7, 11) is 0. The number of hydrogen-bond donors (Lipinski definition) is 0. The molecule has 0 N–H and O–H groups in total. The molecule has 2 nitrogen and oxygen atoms in total. The van der Waals surface area contributed by atoms with Crippen LogP contribution in [-0.4, -0.2) is 43.4 Å². The molecule has 2 heterocycles. The van der Waals surface area contributed by atoms with Crippen molar-refractivity contribution in [1.29, 1.82) is 0 Å². The molecule has 0 aliphatic carbocycles. The van der Waals surface area contributed by atoms with Gasteiger partial charge in [-0.3, -0.25) is 4.90 Å². The Hall–Kier alpha value is -0.150. The number of halogens is 1. The molecule has 0 aromatic rings. The molecular weight excluding hydrogens is 169 g/mol. The summed E-state index contributed by atoms with van der Waals surface area (Å²) >= 11 is 0. The molecule has 2 bridgehead atoms. The second-order valence-corrected chi connectivity index (χ2v) is 4.28. The molecule has 3 heteroatoms. The smallest absolute Gasteiger partial charge is 0.112 e. The van der Waals surface area contributed by atoms with Crippen LogP contribution >= 0.6 is 0 Å². The van der Waals surface area contributed by atoms with Gasteiger partial charge in [0, 0.05) is 19.6 Å². The van der Waals surface area contributed by atoms with E-state index in [9.17, 15) is 4.39 Å². The molecule has 0 spiro atoms. The molecule has 2 aliphatic heterocycles. The zero-order valence-corrected chi connectivity index (χ0v) is 8.21. The maximum Gasteiger partial charge on any atom is 0.112 e. The van der Waals surface area contributed by atoms with Crippen LogP contribution in [0.25, 0.3) is 0 Å². The second-order valence-electron chi connectivity index (χ2n) is 4.28. The van der Waals surface area contributed by atoms with Gasteiger partial charge in [-0.15, -0.1) is 0 Å². The van der Waals surface area contributed by atoms with E-state index in [0.717, 1.165) is 19.7 Å². The third kappa shape index (κ3) is 2.20. The molecule has 2 saturated heterocycles. The van der Waals surface area contributed by atoms with E-state index in [-0.39, 0.29) is 0 Å². The molecule has 0 aromatic heterocycles. The average Bonchev–Trinajstić information content (AvgIpc) is 2.46. The van der Waals surface area contributed by atoms with Gasteiger partial charge in [0.25, 0.3) is 0 Å². The number of piperidine rings is 1. The summed E-state index contributed by atoms with van der Waals surface area (Å²) in [6.07, 6.45) is 1.56. The first-order valence-electron chi connectivity index (χ1n) is 5.26. The summed E-state index contributed by atoms with van der Waals surface area (Å²) in [6.45, 7) is 5.38. The molecule has 2 aliphatic rings. The maximum absolute atomic E-state index is 13.1. The van der Waals surface area contributed by atoms with Gasteiger partial charge in [-0.25, -0.2) is 4.39 Å². The van der Waals surface area contributed by atoms with E-state index >= 15 is 0 Å². The van der Waals surface area contributed by atoms with Crippen molar-refractivity contribution in [3.8, 4) is 0 Å². The van der Waals surface area contributed by atoms with Crippen LogP contribution in [0, 0.1) is 5.92 Å². The summed E-state index contributed by atoms with van der Waals surface area (Å²) in [5, 5.41) is 0. The van der Waals surface area contributed by atoms with Crippen molar-refractivity contribution < 1.29 is 9.13 Å². The molecule has 3 atom stereocenters. The van der Waals surface area contributed by atoms with Crippen molar-refractivity contribution >= 4 is 0 Å². The Labute approximate surface area is 79.1 Å². The third-order valence-electron chi connectivity index (χ3n) is 3.04. The first kappa shape index (κ1) is 9.41. The van der Waals surface area contributed by atoms with E-state index < -0.39 is 6.17 Å². The number of ether oxygens (including phenoxy) is 1. The lowest BCUT2D eigenvalue weighted by Gasteiger charge is -2.30. The van der Waals surface area contributed by atoms with E-state index in [1.807, 2.05) is 6.92 Å². The van der Waals surface area contributed by atoms with Gasteiger partial charge in [0.05, 0.1) is 12.7 Å². The predicted molar refractivity (Wildman–Crippen MR) is 49.5 cm³/mol. The van der Waals surface area contributed by atoms with Gasteiger partial charge in [0.2, 0.25) is 0 Å². The Balaban J connectivity index is 1.81. The lowest BCUT2D eigenvalue weighted by Crippen LogP contribution is -2.42. The second kappa shape index (κ2) is 3.93. The number of likely N-dealkylation sites (tertiary alicyclic amines) is 1. The van der Waals surface area contributed by atoms with Crippen LogP contribution in [0.2, 0.25) is 0 Å². The molecule has 0 amide bonds. The molecule has 0 saturated carbocycles. The quantitative estimate of drug-likeness (QED) is 0.663. The van der Waals surface area contributed by atoms with Gasteiger partial charge < -0.3 is 4.74 Å². The first-order chi connectivity index (χ1) is 6.28. The monoisotopic (exact) mass is 187 g/mol. The van der Waals surface area contributed by atoms with E-state index in [1.165, 1.54) is 6.42 Å². The van der Waals surface area contributed by atoms with Crippen molar-refractivity contribution in [2.24, 2.45) is 5.92 Å². The normalized spacial score (nSPS) is 36.5.